The van der Waals surface area contributed by atoms with Crippen LogP contribution in [-0.2, 0) is 20.0 Å². The van der Waals surface area contributed by atoms with Gasteiger partial charge in [-0.25, -0.2) is 8.42 Å². The molecule has 0 bridgehead atoms. The number of benzene rings is 2. The van der Waals surface area contributed by atoms with E-state index in [1.807, 2.05) is 12.1 Å². The van der Waals surface area contributed by atoms with E-state index < -0.39 is 9.84 Å². The minimum atomic E-state index is -3.56. The first-order chi connectivity index (χ1) is 11.3. The summed E-state index contributed by atoms with van der Waals surface area (Å²) >= 11 is 0. The Kier molecular flexibility index (Phi) is 4.40. The summed E-state index contributed by atoms with van der Waals surface area (Å²) in [5, 5.41) is 0. The maximum Gasteiger partial charge on any atom is 0.206 e. The van der Waals surface area contributed by atoms with Crippen LogP contribution in [0.2, 0.25) is 0 Å². The van der Waals surface area contributed by atoms with Gasteiger partial charge < -0.3 is 9.47 Å². The van der Waals surface area contributed by atoms with E-state index >= 15 is 0 Å². The molecule has 1 unspecified atom stereocenters. The van der Waals surface area contributed by atoms with E-state index in [-0.39, 0.29) is 21.3 Å². The van der Waals surface area contributed by atoms with Crippen molar-refractivity contribution in [3.05, 3.63) is 54.1 Å². The molecule has 128 valence electrons. The predicted octanol–water partition coefficient (Wildman–Crippen LogP) is 3.59. The molecular weight excluding hydrogens is 324 g/mol. The highest BCUT2D eigenvalue weighted by Gasteiger charge is 2.24. The van der Waals surface area contributed by atoms with Gasteiger partial charge in [0.2, 0.25) is 9.84 Å². The largest absolute Gasteiger partial charge is 0.491 e. The van der Waals surface area contributed by atoms with Crippen molar-refractivity contribution < 1.29 is 17.9 Å². The lowest BCUT2D eigenvalue weighted by atomic mass is 9.87. The zero-order chi connectivity index (χ0) is 17.4. The minimum absolute atomic E-state index is 0.0130. The lowest BCUT2D eigenvalue weighted by Crippen LogP contribution is -2.11. The van der Waals surface area contributed by atoms with Crippen LogP contribution in [0.25, 0.3) is 0 Å². The third-order valence-electron chi connectivity index (χ3n) is 3.98. The van der Waals surface area contributed by atoms with Crippen molar-refractivity contribution in [1.29, 1.82) is 0 Å². The highest BCUT2D eigenvalue weighted by molar-refractivity contribution is 7.91. The Labute approximate surface area is 143 Å². The van der Waals surface area contributed by atoms with Gasteiger partial charge in [-0.15, -0.1) is 0 Å². The molecule has 24 heavy (non-hydrogen) atoms. The number of ether oxygens (including phenoxy) is 2. The standard InChI is InChI=1S/C19H22O4S/c1-19(2,3)14-7-9-17(10-8-14)24(20,21)18-6-4-5-15(11-18)22-12-16-13-23-16/h4-11,16H,12-13H2,1-3H3. The molecule has 0 aliphatic carbocycles. The van der Waals surface area contributed by atoms with Gasteiger partial charge >= 0.3 is 0 Å². The van der Waals surface area contributed by atoms with E-state index in [9.17, 15) is 8.42 Å². The summed E-state index contributed by atoms with van der Waals surface area (Å²) in [6.45, 7) is 7.45. The van der Waals surface area contributed by atoms with Crippen molar-refractivity contribution in [3.63, 3.8) is 0 Å². The van der Waals surface area contributed by atoms with E-state index in [0.717, 1.165) is 5.56 Å². The highest BCUT2D eigenvalue weighted by atomic mass is 32.2. The van der Waals surface area contributed by atoms with Crippen LogP contribution < -0.4 is 4.74 Å². The number of rotatable bonds is 5. The molecule has 1 saturated heterocycles. The highest BCUT2D eigenvalue weighted by Crippen LogP contribution is 2.28. The molecule has 0 N–H and O–H groups in total. The fourth-order valence-corrected chi connectivity index (χ4v) is 3.65. The normalized spacial score (nSPS) is 17.5. The molecule has 0 radical (unpaired) electrons. The van der Waals surface area contributed by atoms with E-state index in [4.69, 9.17) is 9.47 Å². The molecule has 4 nitrogen and oxygen atoms in total. The van der Waals surface area contributed by atoms with Gasteiger partial charge in [0.25, 0.3) is 0 Å². The van der Waals surface area contributed by atoms with Gasteiger partial charge in [0.1, 0.15) is 18.5 Å². The molecule has 0 spiro atoms. The molecule has 1 heterocycles. The predicted molar refractivity (Wildman–Crippen MR) is 92.3 cm³/mol. The Balaban J connectivity index is 1.85. The van der Waals surface area contributed by atoms with Crippen molar-refractivity contribution in [3.8, 4) is 5.75 Å². The Morgan fingerprint density at radius 2 is 1.75 bits per heavy atom. The van der Waals surface area contributed by atoms with Crippen molar-refractivity contribution in [2.75, 3.05) is 13.2 Å². The van der Waals surface area contributed by atoms with Crippen LogP contribution >= 0.6 is 0 Å². The smallest absolute Gasteiger partial charge is 0.206 e. The zero-order valence-corrected chi connectivity index (χ0v) is 15.0. The van der Waals surface area contributed by atoms with E-state index in [2.05, 4.69) is 20.8 Å². The van der Waals surface area contributed by atoms with Crippen LogP contribution in [0.4, 0.5) is 0 Å². The van der Waals surface area contributed by atoms with Crippen molar-refractivity contribution >= 4 is 9.84 Å². The van der Waals surface area contributed by atoms with Crippen molar-refractivity contribution in [1.82, 2.24) is 0 Å². The Morgan fingerprint density at radius 1 is 1.08 bits per heavy atom. The van der Waals surface area contributed by atoms with Crippen LogP contribution in [-0.4, -0.2) is 27.7 Å². The molecule has 1 fully saturated rings. The Hall–Kier alpha value is -1.85. The second-order valence-electron chi connectivity index (χ2n) is 7.02. The van der Waals surface area contributed by atoms with Crippen LogP contribution in [0.3, 0.4) is 0 Å². The van der Waals surface area contributed by atoms with Gasteiger partial charge in [0.15, 0.2) is 0 Å². The first-order valence-electron chi connectivity index (χ1n) is 7.97. The first-order valence-corrected chi connectivity index (χ1v) is 9.45. The molecule has 0 saturated carbocycles. The van der Waals surface area contributed by atoms with Gasteiger partial charge in [-0.1, -0.05) is 39.0 Å². The summed E-state index contributed by atoms with van der Waals surface area (Å²) < 4.78 is 36.3. The van der Waals surface area contributed by atoms with Crippen molar-refractivity contribution in [2.45, 2.75) is 42.1 Å². The third-order valence-corrected chi connectivity index (χ3v) is 5.75. The van der Waals surface area contributed by atoms with E-state index in [1.165, 1.54) is 0 Å². The summed E-state index contributed by atoms with van der Waals surface area (Å²) in [4.78, 5) is 0.526. The molecule has 1 aliphatic rings. The number of hydrogen-bond donors (Lipinski definition) is 0. The van der Waals surface area contributed by atoms with Gasteiger partial charge in [-0.05, 0) is 41.3 Å². The quantitative estimate of drug-likeness (QED) is 0.776. The lowest BCUT2D eigenvalue weighted by Gasteiger charge is -2.19. The van der Waals surface area contributed by atoms with Gasteiger partial charge in [0.05, 0.1) is 16.4 Å². The van der Waals surface area contributed by atoms with Gasteiger partial charge in [0, 0.05) is 0 Å². The topological polar surface area (TPSA) is 55.9 Å². The van der Waals surface area contributed by atoms with E-state index in [0.29, 0.717) is 19.0 Å². The number of epoxide rings is 1. The average Bonchev–Trinajstić information content (AvgIpc) is 3.37. The van der Waals surface area contributed by atoms with E-state index in [1.54, 1.807) is 36.4 Å². The minimum Gasteiger partial charge on any atom is -0.491 e. The van der Waals surface area contributed by atoms with Crippen LogP contribution in [0.1, 0.15) is 26.3 Å². The SMILES string of the molecule is CC(C)(C)c1ccc(S(=O)(=O)c2cccc(OCC3CO3)c2)cc1. The van der Waals surface area contributed by atoms with Crippen LogP contribution in [0, 0.1) is 0 Å². The first kappa shape index (κ1) is 17.0. The van der Waals surface area contributed by atoms with Crippen LogP contribution in [0.15, 0.2) is 58.3 Å². The molecule has 2 aromatic rings. The Morgan fingerprint density at radius 3 is 2.33 bits per heavy atom. The monoisotopic (exact) mass is 346 g/mol. The average molecular weight is 346 g/mol. The summed E-state index contributed by atoms with van der Waals surface area (Å²) in [6, 6.07) is 13.7. The maximum atomic E-state index is 12.8. The maximum absolute atomic E-state index is 12.8. The summed E-state index contributed by atoms with van der Waals surface area (Å²) in [6.07, 6.45) is 0.134. The van der Waals surface area contributed by atoms with Gasteiger partial charge in [-0.2, -0.15) is 0 Å². The summed E-state index contributed by atoms with van der Waals surface area (Å²) in [5.41, 5.74) is 1.09. The molecule has 1 atom stereocenters. The Bertz CT molecular complexity index is 813. The second kappa shape index (κ2) is 6.22. The molecule has 3 rings (SSSR count). The second-order valence-corrected chi connectivity index (χ2v) is 8.97. The summed E-state index contributed by atoms with van der Waals surface area (Å²) in [7, 11) is -3.56. The van der Waals surface area contributed by atoms with Crippen LogP contribution in [0.5, 0.6) is 5.75 Å². The molecule has 5 heteroatoms. The number of sulfone groups is 1. The zero-order valence-electron chi connectivity index (χ0n) is 14.2. The molecule has 2 aromatic carbocycles. The fraction of sp³-hybridized carbons (Fsp3) is 0.368. The molecule has 0 aromatic heterocycles. The molecule has 0 amide bonds. The summed E-state index contributed by atoms with van der Waals surface area (Å²) in [5.74, 6) is 0.540. The molecular formula is C19H22O4S. The fourth-order valence-electron chi connectivity index (χ4n) is 2.35. The van der Waals surface area contributed by atoms with Crippen molar-refractivity contribution in [2.24, 2.45) is 0 Å². The van der Waals surface area contributed by atoms with Gasteiger partial charge in [-0.3, -0.25) is 0 Å². The lowest BCUT2D eigenvalue weighted by molar-refractivity contribution is 0.262. The third kappa shape index (κ3) is 3.79. The number of hydrogen-bond acceptors (Lipinski definition) is 4. The molecule has 1 aliphatic heterocycles.